The highest BCUT2D eigenvalue weighted by Crippen LogP contribution is 2.36. The third-order valence-electron chi connectivity index (χ3n) is 6.04. The molecule has 0 saturated heterocycles. The number of sulfonamides is 1. The highest BCUT2D eigenvalue weighted by molar-refractivity contribution is 7.92. The van der Waals surface area contributed by atoms with Gasteiger partial charge in [0.2, 0.25) is 0 Å². The molecule has 1 aliphatic heterocycles. The molecule has 4 rings (SSSR count). The summed E-state index contributed by atoms with van der Waals surface area (Å²) in [5.41, 5.74) is 2.52. The van der Waals surface area contributed by atoms with Crippen molar-refractivity contribution in [2.45, 2.75) is 37.8 Å². The second-order valence-corrected chi connectivity index (χ2v) is 10.1. The first-order chi connectivity index (χ1) is 16.3. The van der Waals surface area contributed by atoms with Crippen LogP contribution in [0.15, 0.2) is 71.6 Å². The van der Waals surface area contributed by atoms with E-state index in [1.807, 2.05) is 32.0 Å². The number of halogens is 1. The molecule has 6 nitrogen and oxygen atoms in total. The molecule has 0 saturated carbocycles. The lowest BCUT2D eigenvalue weighted by molar-refractivity contribution is 0.0752. The van der Waals surface area contributed by atoms with Gasteiger partial charge in [0.1, 0.15) is 0 Å². The summed E-state index contributed by atoms with van der Waals surface area (Å²) in [5, 5.41) is 0. The Hall–Kier alpha value is -3.39. The van der Waals surface area contributed by atoms with E-state index in [4.69, 9.17) is 4.74 Å². The van der Waals surface area contributed by atoms with Crippen LogP contribution in [-0.4, -0.2) is 38.9 Å². The average Bonchev–Trinajstić information content (AvgIpc) is 3.18. The molecule has 1 atom stereocenters. The number of hydrogen-bond donors (Lipinski definition) is 0. The fraction of sp³-hybridized carbons (Fsp3) is 0.269. The van der Waals surface area contributed by atoms with Crippen LogP contribution in [0.4, 0.5) is 10.1 Å². The summed E-state index contributed by atoms with van der Waals surface area (Å²) in [6, 6.07) is 17.9. The van der Waals surface area contributed by atoms with E-state index in [0.717, 1.165) is 5.56 Å². The van der Waals surface area contributed by atoms with Gasteiger partial charge in [-0.15, -0.1) is 0 Å². The molecule has 0 aliphatic carbocycles. The molecule has 178 valence electrons. The van der Waals surface area contributed by atoms with Crippen molar-refractivity contribution < 1.29 is 22.3 Å². The van der Waals surface area contributed by atoms with Gasteiger partial charge in [-0.1, -0.05) is 30.3 Å². The molecule has 3 aromatic rings. The fourth-order valence-corrected chi connectivity index (χ4v) is 6.08. The number of nitrogens with zero attached hydrogens (tertiary/aromatic N) is 2. The van der Waals surface area contributed by atoms with Gasteiger partial charge in [-0.3, -0.25) is 9.10 Å². The maximum atomic E-state index is 14.1. The largest absolute Gasteiger partial charge is 0.494 e. The summed E-state index contributed by atoms with van der Waals surface area (Å²) in [6.07, 6.45) is 0.635. The van der Waals surface area contributed by atoms with Crippen molar-refractivity contribution in [3.8, 4) is 5.75 Å². The molecule has 3 aromatic carbocycles. The van der Waals surface area contributed by atoms with E-state index < -0.39 is 15.8 Å². The van der Waals surface area contributed by atoms with Gasteiger partial charge in [0, 0.05) is 24.7 Å². The van der Waals surface area contributed by atoms with Gasteiger partial charge in [-0.05, 0) is 67.8 Å². The molecule has 0 fully saturated rings. The second kappa shape index (κ2) is 9.46. The summed E-state index contributed by atoms with van der Waals surface area (Å²) in [6.45, 7) is 4.25. The number of ether oxygens (including phenoxy) is 1. The number of benzene rings is 3. The van der Waals surface area contributed by atoms with Gasteiger partial charge in [0.25, 0.3) is 15.9 Å². The van der Waals surface area contributed by atoms with Crippen LogP contribution in [0.1, 0.15) is 35.3 Å². The first-order valence-electron chi connectivity index (χ1n) is 11.1. The number of carbonyl (C=O) groups is 1. The van der Waals surface area contributed by atoms with Crippen molar-refractivity contribution in [1.29, 1.82) is 0 Å². The fourth-order valence-electron chi connectivity index (χ4n) is 4.34. The number of para-hydroxylation sites is 1. The third kappa shape index (κ3) is 4.37. The number of anilines is 1. The number of methoxy groups -OCH3 is 1. The molecule has 0 aromatic heterocycles. The molecule has 0 unspecified atom stereocenters. The standard InChI is InChI=1S/C26H27FN2O4S/c1-4-28(17-19-12-13-25(33-3)23(27)15-19)26(30)21-9-7-10-22(16-21)34(31,32)29-18(2)14-20-8-5-6-11-24(20)29/h5-13,15-16,18H,4,14,17H2,1-3H3/t18-/m0/s1. The minimum atomic E-state index is -3.86. The predicted octanol–water partition coefficient (Wildman–Crippen LogP) is 4.64. The maximum absolute atomic E-state index is 14.1. The summed E-state index contributed by atoms with van der Waals surface area (Å²) in [4.78, 5) is 14.9. The number of carbonyl (C=O) groups excluding carboxylic acids is 1. The predicted molar refractivity (Wildman–Crippen MR) is 129 cm³/mol. The lowest BCUT2D eigenvalue weighted by Crippen LogP contribution is -2.36. The van der Waals surface area contributed by atoms with Gasteiger partial charge < -0.3 is 9.64 Å². The first kappa shape index (κ1) is 23.8. The van der Waals surface area contributed by atoms with Gasteiger partial charge in [0.05, 0.1) is 17.7 Å². The van der Waals surface area contributed by atoms with Crippen molar-refractivity contribution in [3.63, 3.8) is 0 Å². The quantitative estimate of drug-likeness (QED) is 0.492. The van der Waals surface area contributed by atoms with Crippen LogP contribution in [0.3, 0.4) is 0 Å². The molecular formula is C26H27FN2O4S. The Balaban J connectivity index is 1.61. The topological polar surface area (TPSA) is 66.9 Å². The lowest BCUT2D eigenvalue weighted by Gasteiger charge is -2.25. The number of hydrogen-bond acceptors (Lipinski definition) is 4. The van der Waals surface area contributed by atoms with E-state index in [1.54, 1.807) is 29.2 Å². The van der Waals surface area contributed by atoms with Crippen LogP contribution < -0.4 is 9.04 Å². The Morgan fingerprint density at radius 3 is 2.59 bits per heavy atom. The SMILES string of the molecule is CCN(Cc1ccc(OC)c(F)c1)C(=O)c1cccc(S(=O)(=O)N2c3ccccc3C[C@@H]2C)c1. The third-order valence-corrected chi connectivity index (χ3v) is 7.97. The lowest BCUT2D eigenvalue weighted by atomic mass is 10.1. The van der Waals surface area contributed by atoms with Crippen LogP contribution in [0.25, 0.3) is 0 Å². The van der Waals surface area contributed by atoms with Crippen molar-refractivity contribution >= 4 is 21.6 Å². The van der Waals surface area contributed by atoms with Crippen LogP contribution >= 0.6 is 0 Å². The summed E-state index contributed by atoms with van der Waals surface area (Å²) < 4.78 is 47.6. The van der Waals surface area contributed by atoms with Gasteiger partial charge in [0.15, 0.2) is 11.6 Å². The van der Waals surface area contributed by atoms with Crippen molar-refractivity contribution in [3.05, 3.63) is 89.2 Å². The van der Waals surface area contributed by atoms with E-state index in [-0.39, 0.29) is 34.7 Å². The zero-order valence-electron chi connectivity index (χ0n) is 19.4. The molecule has 1 heterocycles. The summed E-state index contributed by atoms with van der Waals surface area (Å²) in [5.74, 6) is -0.698. The van der Waals surface area contributed by atoms with Crippen LogP contribution in [0.5, 0.6) is 5.75 Å². The monoisotopic (exact) mass is 482 g/mol. The van der Waals surface area contributed by atoms with Crippen LogP contribution in [0, 0.1) is 5.82 Å². The zero-order chi connectivity index (χ0) is 24.5. The molecule has 34 heavy (non-hydrogen) atoms. The van der Waals surface area contributed by atoms with E-state index in [1.165, 1.54) is 35.7 Å². The minimum Gasteiger partial charge on any atom is -0.494 e. The molecule has 0 bridgehead atoms. The Morgan fingerprint density at radius 1 is 1.12 bits per heavy atom. The number of rotatable bonds is 7. The minimum absolute atomic E-state index is 0.0634. The average molecular weight is 483 g/mol. The van der Waals surface area contributed by atoms with Crippen molar-refractivity contribution in [2.75, 3.05) is 18.0 Å². The normalized spacial score (nSPS) is 15.2. The Bertz CT molecular complexity index is 1330. The van der Waals surface area contributed by atoms with Crippen LogP contribution in [0.2, 0.25) is 0 Å². The van der Waals surface area contributed by atoms with Crippen molar-refractivity contribution in [2.24, 2.45) is 0 Å². The number of fused-ring (bicyclic) bond motifs is 1. The summed E-state index contributed by atoms with van der Waals surface area (Å²) >= 11 is 0. The van der Waals surface area contributed by atoms with E-state index in [0.29, 0.717) is 24.2 Å². The smallest absolute Gasteiger partial charge is 0.264 e. The Kier molecular flexibility index (Phi) is 6.61. The van der Waals surface area contributed by atoms with E-state index in [2.05, 4.69) is 0 Å². The van der Waals surface area contributed by atoms with Crippen molar-refractivity contribution in [1.82, 2.24) is 4.90 Å². The Morgan fingerprint density at radius 2 is 1.88 bits per heavy atom. The van der Waals surface area contributed by atoms with Gasteiger partial charge >= 0.3 is 0 Å². The first-order valence-corrected chi connectivity index (χ1v) is 12.5. The molecular weight excluding hydrogens is 455 g/mol. The number of amides is 1. The van der Waals surface area contributed by atoms with E-state index in [9.17, 15) is 17.6 Å². The highest BCUT2D eigenvalue weighted by Gasteiger charge is 2.36. The van der Waals surface area contributed by atoms with Crippen LogP contribution in [-0.2, 0) is 23.0 Å². The zero-order valence-corrected chi connectivity index (χ0v) is 20.2. The molecule has 0 N–H and O–H groups in total. The van der Waals surface area contributed by atoms with E-state index >= 15 is 0 Å². The maximum Gasteiger partial charge on any atom is 0.264 e. The van der Waals surface area contributed by atoms with Gasteiger partial charge in [-0.25, -0.2) is 12.8 Å². The molecule has 8 heteroatoms. The highest BCUT2D eigenvalue weighted by atomic mass is 32.2. The summed E-state index contributed by atoms with van der Waals surface area (Å²) in [7, 11) is -2.47. The molecule has 0 spiro atoms. The second-order valence-electron chi connectivity index (χ2n) is 8.30. The molecule has 1 amide bonds. The van der Waals surface area contributed by atoms with Gasteiger partial charge in [-0.2, -0.15) is 0 Å². The Labute approximate surface area is 199 Å². The molecule has 1 aliphatic rings. The molecule has 0 radical (unpaired) electrons.